The molecule has 0 aliphatic carbocycles. The highest BCUT2D eigenvalue weighted by molar-refractivity contribution is 5.75. The molecule has 0 radical (unpaired) electrons. The van der Waals surface area contributed by atoms with Crippen LogP contribution in [-0.4, -0.2) is 35.7 Å². The first-order valence-electron chi connectivity index (χ1n) is 8.16. The van der Waals surface area contributed by atoms with E-state index < -0.39 is 0 Å². The second-order valence-corrected chi connectivity index (χ2v) is 6.08. The van der Waals surface area contributed by atoms with Crippen molar-refractivity contribution in [2.24, 2.45) is 13.0 Å². The van der Waals surface area contributed by atoms with Crippen LogP contribution < -0.4 is 10.6 Å². The first-order chi connectivity index (χ1) is 10.3. The largest absolute Gasteiger partial charge is 0.331 e. The van der Waals surface area contributed by atoms with E-state index >= 15 is 0 Å². The lowest BCUT2D eigenvalue weighted by molar-refractivity contribution is 0.356. The SMILES string of the molecule is Cn1c(CCCNCC2CCNCC2)nc2ccccc21. The Kier molecular flexibility index (Phi) is 4.88. The number of para-hydroxylation sites is 2. The maximum Gasteiger partial charge on any atom is 0.109 e. The van der Waals surface area contributed by atoms with Crippen molar-refractivity contribution in [2.75, 3.05) is 26.2 Å². The Morgan fingerprint density at radius 2 is 2.10 bits per heavy atom. The molecule has 0 amide bonds. The average molecular weight is 286 g/mol. The average Bonchev–Trinajstić information content (AvgIpc) is 2.85. The molecular weight excluding hydrogens is 260 g/mol. The van der Waals surface area contributed by atoms with E-state index in [0.717, 1.165) is 30.8 Å². The van der Waals surface area contributed by atoms with E-state index in [9.17, 15) is 0 Å². The van der Waals surface area contributed by atoms with Gasteiger partial charge in [-0.3, -0.25) is 0 Å². The molecule has 2 heterocycles. The molecule has 0 spiro atoms. The van der Waals surface area contributed by atoms with Gasteiger partial charge >= 0.3 is 0 Å². The van der Waals surface area contributed by atoms with Crippen LogP contribution in [0.15, 0.2) is 24.3 Å². The third-order valence-electron chi connectivity index (χ3n) is 4.53. The predicted octanol–water partition coefficient (Wildman–Crippen LogP) is 2.10. The zero-order chi connectivity index (χ0) is 14.5. The van der Waals surface area contributed by atoms with Gasteiger partial charge in [0, 0.05) is 13.5 Å². The molecule has 1 saturated heterocycles. The lowest BCUT2D eigenvalue weighted by atomic mass is 9.98. The molecule has 21 heavy (non-hydrogen) atoms. The van der Waals surface area contributed by atoms with Crippen molar-refractivity contribution < 1.29 is 0 Å². The van der Waals surface area contributed by atoms with Gasteiger partial charge in [0.1, 0.15) is 5.82 Å². The van der Waals surface area contributed by atoms with Gasteiger partial charge < -0.3 is 15.2 Å². The topological polar surface area (TPSA) is 41.9 Å². The minimum absolute atomic E-state index is 0.863. The Morgan fingerprint density at radius 3 is 2.90 bits per heavy atom. The van der Waals surface area contributed by atoms with E-state index in [1.807, 2.05) is 0 Å². The summed E-state index contributed by atoms with van der Waals surface area (Å²) in [5, 5.41) is 7.03. The van der Waals surface area contributed by atoms with Gasteiger partial charge in [0.2, 0.25) is 0 Å². The molecular formula is C17H26N4. The minimum atomic E-state index is 0.863. The number of rotatable bonds is 6. The summed E-state index contributed by atoms with van der Waals surface area (Å²) in [6.07, 6.45) is 4.84. The Labute approximate surface area is 126 Å². The number of nitrogens with one attached hydrogen (secondary N) is 2. The third kappa shape index (κ3) is 3.63. The zero-order valence-electron chi connectivity index (χ0n) is 12.9. The van der Waals surface area contributed by atoms with Crippen molar-refractivity contribution >= 4 is 11.0 Å². The van der Waals surface area contributed by atoms with Crippen molar-refractivity contribution in [3.05, 3.63) is 30.1 Å². The second kappa shape index (κ2) is 7.05. The van der Waals surface area contributed by atoms with E-state index in [2.05, 4.69) is 46.5 Å². The van der Waals surface area contributed by atoms with Gasteiger partial charge in [-0.2, -0.15) is 0 Å². The van der Waals surface area contributed by atoms with Crippen molar-refractivity contribution in [3.8, 4) is 0 Å². The Bertz CT molecular complexity index is 569. The highest BCUT2D eigenvalue weighted by Crippen LogP contribution is 2.15. The number of benzene rings is 1. The van der Waals surface area contributed by atoms with Gasteiger partial charge in [-0.25, -0.2) is 4.98 Å². The van der Waals surface area contributed by atoms with E-state index in [4.69, 9.17) is 4.98 Å². The molecule has 2 aromatic rings. The molecule has 114 valence electrons. The van der Waals surface area contributed by atoms with Crippen LogP contribution >= 0.6 is 0 Å². The molecule has 1 aliphatic rings. The fraction of sp³-hybridized carbons (Fsp3) is 0.588. The number of piperidine rings is 1. The summed E-state index contributed by atoms with van der Waals surface area (Å²) in [6.45, 7) is 4.63. The molecule has 0 unspecified atom stereocenters. The number of aryl methyl sites for hydroxylation is 2. The molecule has 0 saturated carbocycles. The third-order valence-corrected chi connectivity index (χ3v) is 4.53. The summed E-state index contributed by atoms with van der Waals surface area (Å²) in [5.41, 5.74) is 2.34. The molecule has 1 aromatic carbocycles. The fourth-order valence-electron chi connectivity index (χ4n) is 3.18. The van der Waals surface area contributed by atoms with Crippen LogP contribution in [0, 0.1) is 5.92 Å². The van der Waals surface area contributed by atoms with Gasteiger partial charge in [0.05, 0.1) is 11.0 Å². The predicted molar refractivity (Wildman–Crippen MR) is 87.5 cm³/mol. The summed E-state index contributed by atoms with van der Waals surface area (Å²) in [6, 6.07) is 8.36. The first-order valence-corrected chi connectivity index (χ1v) is 8.16. The van der Waals surface area contributed by atoms with Crippen LogP contribution in [0.5, 0.6) is 0 Å². The van der Waals surface area contributed by atoms with Crippen LogP contribution in [0.1, 0.15) is 25.1 Å². The molecule has 0 atom stereocenters. The molecule has 4 nitrogen and oxygen atoms in total. The molecule has 3 rings (SSSR count). The molecule has 0 bridgehead atoms. The normalized spacial score (nSPS) is 16.6. The number of aromatic nitrogens is 2. The highest BCUT2D eigenvalue weighted by atomic mass is 15.1. The maximum atomic E-state index is 4.73. The summed E-state index contributed by atoms with van der Waals surface area (Å²) in [4.78, 5) is 4.73. The van der Waals surface area contributed by atoms with Crippen molar-refractivity contribution in [1.82, 2.24) is 20.2 Å². The van der Waals surface area contributed by atoms with Gasteiger partial charge in [-0.1, -0.05) is 12.1 Å². The number of fused-ring (bicyclic) bond motifs is 1. The quantitative estimate of drug-likeness (QED) is 0.799. The van der Waals surface area contributed by atoms with Gasteiger partial charge in [-0.15, -0.1) is 0 Å². The summed E-state index contributed by atoms with van der Waals surface area (Å²) in [5.74, 6) is 2.06. The van der Waals surface area contributed by atoms with Crippen LogP contribution in [-0.2, 0) is 13.5 Å². The second-order valence-electron chi connectivity index (χ2n) is 6.08. The number of hydrogen-bond donors (Lipinski definition) is 2. The van der Waals surface area contributed by atoms with E-state index in [1.165, 1.54) is 43.8 Å². The summed E-state index contributed by atoms with van der Waals surface area (Å²) >= 11 is 0. The van der Waals surface area contributed by atoms with Gasteiger partial charge in [0.15, 0.2) is 0 Å². The van der Waals surface area contributed by atoms with Crippen molar-refractivity contribution in [2.45, 2.75) is 25.7 Å². The van der Waals surface area contributed by atoms with E-state index in [-0.39, 0.29) is 0 Å². The Morgan fingerprint density at radius 1 is 1.29 bits per heavy atom. The van der Waals surface area contributed by atoms with Crippen molar-refractivity contribution in [3.63, 3.8) is 0 Å². The van der Waals surface area contributed by atoms with Crippen LogP contribution in [0.2, 0.25) is 0 Å². The maximum absolute atomic E-state index is 4.73. The number of nitrogens with zero attached hydrogens (tertiary/aromatic N) is 2. The number of hydrogen-bond acceptors (Lipinski definition) is 3. The zero-order valence-corrected chi connectivity index (χ0v) is 12.9. The van der Waals surface area contributed by atoms with E-state index in [1.54, 1.807) is 0 Å². The van der Waals surface area contributed by atoms with Crippen LogP contribution in [0.3, 0.4) is 0 Å². The molecule has 4 heteroatoms. The van der Waals surface area contributed by atoms with Crippen LogP contribution in [0.25, 0.3) is 11.0 Å². The molecule has 1 aliphatic heterocycles. The fourth-order valence-corrected chi connectivity index (χ4v) is 3.18. The first kappa shape index (κ1) is 14.5. The smallest absolute Gasteiger partial charge is 0.109 e. The van der Waals surface area contributed by atoms with E-state index in [0.29, 0.717) is 0 Å². The molecule has 1 fully saturated rings. The lowest BCUT2D eigenvalue weighted by Gasteiger charge is -2.22. The van der Waals surface area contributed by atoms with Gasteiger partial charge in [0.25, 0.3) is 0 Å². The van der Waals surface area contributed by atoms with Crippen LogP contribution in [0.4, 0.5) is 0 Å². The summed E-state index contributed by atoms with van der Waals surface area (Å²) in [7, 11) is 2.12. The highest BCUT2D eigenvalue weighted by Gasteiger charge is 2.12. The monoisotopic (exact) mass is 286 g/mol. The Hall–Kier alpha value is -1.39. The Balaban J connectivity index is 1.43. The minimum Gasteiger partial charge on any atom is -0.331 e. The van der Waals surface area contributed by atoms with Gasteiger partial charge in [-0.05, 0) is 63.5 Å². The van der Waals surface area contributed by atoms with Crippen molar-refractivity contribution in [1.29, 1.82) is 0 Å². The lowest BCUT2D eigenvalue weighted by Crippen LogP contribution is -2.34. The molecule has 1 aromatic heterocycles. The number of imidazole rings is 1. The standard InChI is InChI=1S/C17H26N4/c1-21-16-6-3-2-5-15(16)20-17(21)7-4-10-19-13-14-8-11-18-12-9-14/h2-3,5-6,14,18-19H,4,7-13H2,1H3. The summed E-state index contributed by atoms with van der Waals surface area (Å²) < 4.78 is 2.22. The molecule has 2 N–H and O–H groups in total.